The lowest BCUT2D eigenvalue weighted by Crippen LogP contribution is -2.42. The number of hydrogen-bond acceptors (Lipinski definition) is 3. The maximum Gasteiger partial charge on any atom is 0.278 e. The molecule has 3 rings (SSSR count). The van der Waals surface area contributed by atoms with Gasteiger partial charge in [-0.15, -0.1) is 0 Å². The largest absolute Gasteiger partial charge is 0.497 e. The highest BCUT2D eigenvalue weighted by atomic mass is 35.5. The molecule has 1 amide bonds. The molecule has 0 spiro atoms. The van der Waals surface area contributed by atoms with Gasteiger partial charge in [0.1, 0.15) is 11.9 Å². The second-order valence-corrected chi connectivity index (χ2v) is 6.48. The maximum absolute atomic E-state index is 12.8. The predicted octanol–water partition coefficient (Wildman–Crippen LogP) is 4.81. The number of rotatable bonds is 3. The molecule has 4 nitrogen and oxygen atoms in total. The average molecular weight is 358 g/mol. The fourth-order valence-corrected chi connectivity index (χ4v) is 3.01. The zero-order valence-electron chi connectivity index (χ0n) is 14.4. The Kier molecular flexibility index (Phi) is 5.11. The van der Waals surface area contributed by atoms with E-state index in [0.717, 1.165) is 16.9 Å². The number of halogens is 1. The van der Waals surface area contributed by atoms with E-state index in [0.29, 0.717) is 10.6 Å². The molecular weight excluding hydrogens is 338 g/mol. The standard InChI is InChI=1S/C20H20ClNO3/c1-13-12-14(2)22(20(23)16-4-8-17(21)9-5-16)25-19(13)15-6-10-18(24-3)11-7-15/h4-12,14,19H,1-3H3. The van der Waals surface area contributed by atoms with E-state index in [1.165, 1.54) is 5.06 Å². The van der Waals surface area contributed by atoms with Crippen molar-refractivity contribution in [3.63, 3.8) is 0 Å². The van der Waals surface area contributed by atoms with Gasteiger partial charge in [0, 0.05) is 10.6 Å². The third-order valence-electron chi connectivity index (χ3n) is 4.22. The number of ether oxygens (including phenoxy) is 1. The van der Waals surface area contributed by atoms with Crippen LogP contribution in [0.3, 0.4) is 0 Å². The zero-order chi connectivity index (χ0) is 18.0. The molecule has 0 aliphatic carbocycles. The number of nitrogens with zero attached hydrogens (tertiary/aromatic N) is 1. The van der Waals surface area contributed by atoms with Crippen LogP contribution in [-0.4, -0.2) is 24.1 Å². The number of carbonyl (C=O) groups is 1. The first-order valence-electron chi connectivity index (χ1n) is 8.08. The molecule has 2 atom stereocenters. The molecule has 5 heteroatoms. The molecule has 1 aliphatic rings. The third kappa shape index (κ3) is 3.70. The summed E-state index contributed by atoms with van der Waals surface area (Å²) in [7, 11) is 1.63. The number of hydrogen-bond donors (Lipinski definition) is 0. The minimum absolute atomic E-state index is 0.155. The Labute approximate surface area is 152 Å². The Bertz CT molecular complexity index is 784. The van der Waals surface area contributed by atoms with Crippen molar-refractivity contribution < 1.29 is 14.4 Å². The molecule has 25 heavy (non-hydrogen) atoms. The quantitative estimate of drug-likeness (QED) is 0.740. The molecule has 0 bridgehead atoms. The molecule has 0 saturated heterocycles. The monoisotopic (exact) mass is 357 g/mol. The Morgan fingerprint density at radius 1 is 1.12 bits per heavy atom. The van der Waals surface area contributed by atoms with E-state index in [1.807, 2.05) is 44.2 Å². The first-order chi connectivity index (χ1) is 12.0. The summed E-state index contributed by atoms with van der Waals surface area (Å²) >= 11 is 5.90. The van der Waals surface area contributed by atoms with E-state index in [4.69, 9.17) is 21.2 Å². The topological polar surface area (TPSA) is 38.8 Å². The smallest absolute Gasteiger partial charge is 0.278 e. The van der Waals surface area contributed by atoms with E-state index >= 15 is 0 Å². The second-order valence-electron chi connectivity index (χ2n) is 6.05. The van der Waals surface area contributed by atoms with E-state index in [2.05, 4.69) is 0 Å². The van der Waals surface area contributed by atoms with Gasteiger partial charge in [-0.3, -0.25) is 9.63 Å². The molecule has 2 unspecified atom stereocenters. The highest BCUT2D eigenvalue weighted by Crippen LogP contribution is 2.33. The van der Waals surface area contributed by atoms with Crippen LogP contribution < -0.4 is 4.74 Å². The molecule has 130 valence electrons. The minimum atomic E-state index is -0.307. The van der Waals surface area contributed by atoms with E-state index in [9.17, 15) is 4.79 Å². The maximum atomic E-state index is 12.8. The first kappa shape index (κ1) is 17.5. The first-order valence-corrected chi connectivity index (χ1v) is 8.45. The van der Waals surface area contributed by atoms with Crippen LogP contribution in [-0.2, 0) is 4.84 Å². The summed E-state index contributed by atoms with van der Waals surface area (Å²) in [5.74, 6) is 0.593. The van der Waals surface area contributed by atoms with Crippen LogP contribution in [0.1, 0.15) is 35.9 Å². The summed E-state index contributed by atoms with van der Waals surface area (Å²) in [6.07, 6.45) is 1.74. The predicted molar refractivity (Wildman–Crippen MR) is 97.7 cm³/mol. The van der Waals surface area contributed by atoms with Gasteiger partial charge in [-0.05, 0) is 61.4 Å². The summed E-state index contributed by atoms with van der Waals surface area (Å²) in [6.45, 7) is 3.94. The highest BCUT2D eigenvalue weighted by Gasteiger charge is 2.31. The third-order valence-corrected chi connectivity index (χ3v) is 4.47. The van der Waals surface area contributed by atoms with Gasteiger partial charge in [0.05, 0.1) is 13.2 Å². The number of benzene rings is 2. The summed E-state index contributed by atoms with van der Waals surface area (Å²) in [4.78, 5) is 18.9. The number of amides is 1. The number of methoxy groups -OCH3 is 1. The minimum Gasteiger partial charge on any atom is -0.497 e. The molecule has 0 N–H and O–H groups in total. The van der Waals surface area contributed by atoms with Crippen LogP contribution in [0.15, 0.2) is 60.2 Å². The van der Waals surface area contributed by atoms with E-state index in [1.54, 1.807) is 31.4 Å². The van der Waals surface area contributed by atoms with Crippen molar-refractivity contribution in [2.24, 2.45) is 0 Å². The fraction of sp³-hybridized carbons (Fsp3) is 0.250. The molecule has 1 heterocycles. The van der Waals surface area contributed by atoms with Gasteiger partial charge in [-0.2, -0.15) is 0 Å². The zero-order valence-corrected chi connectivity index (χ0v) is 15.2. The van der Waals surface area contributed by atoms with Crippen molar-refractivity contribution in [1.29, 1.82) is 0 Å². The van der Waals surface area contributed by atoms with Crippen LogP contribution in [0, 0.1) is 0 Å². The Balaban J connectivity index is 1.86. The normalized spacial score (nSPS) is 20.2. The molecule has 2 aromatic carbocycles. The molecule has 2 aromatic rings. The Morgan fingerprint density at radius 2 is 1.76 bits per heavy atom. The van der Waals surface area contributed by atoms with E-state index in [-0.39, 0.29) is 18.1 Å². The number of carbonyl (C=O) groups excluding carboxylic acids is 1. The van der Waals surface area contributed by atoms with Gasteiger partial charge in [0.25, 0.3) is 5.91 Å². The molecule has 0 fully saturated rings. The highest BCUT2D eigenvalue weighted by molar-refractivity contribution is 6.30. The molecular formula is C20H20ClNO3. The summed E-state index contributed by atoms with van der Waals surface area (Å²) in [5.41, 5.74) is 2.57. The van der Waals surface area contributed by atoms with Gasteiger partial charge in [-0.1, -0.05) is 29.8 Å². The van der Waals surface area contributed by atoms with Crippen LogP contribution in [0.2, 0.25) is 5.02 Å². The Hall–Kier alpha value is -2.30. The SMILES string of the molecule is COc1ccc(C2ON(C(=O)c3ccc(Cl)cc3)C(C)C=C2C)cc1. The molecule has 0 saturated carbocycles. The van der Waals surface area contributed by atoms with Crippen LogP contribution in [0.5, 0.6) is 5.75 Å². The van der Waals surface area contributed by atoms with Crippen LogP contribution in [0.25, 0.3) is 0 Å². The summed E-state index contributed by atoms with van der Waals surface area (Å²) < 4.78 is 5.20. The average Bonchev–Trinajstić information content (AvgIpc) is 2.62. The van der Waals surface area contributed by atoms with Crippen molar-refractivity contribution in [2.45, 2.75) is 26.0 Å². The van der Waals surface area contributed by atoms with Crippen LogP contribution >= 0.6 is 11.6 Å². The van der Waals surface area contributed by atoms with E-state index < -0.39 is 0 Å². The molecule has 0 radical (unpaired) electrons. The van der Waals surface area contributed by atoms with Gasteiger partial charge < -0.3 is 4.74 Å². The lowest BCUT2D eigenvalue weighted by atomic mass is 9.99. The van der Waals surface area contributed by atoms with Crippen molar-refractivity contribution in [3.05, 3.63) is 76.3 Å². The summed E-state index contributed by atoms with van der Waals surface area (Å²) in [6, 6.07) is 14.3. The van der Waals surface area contributed by atoms with Crippen molar-refractivity contribution in [3.8, 4) is 5.75 Å². The Morgan fingerprint density at radius 3 is 2.36 bits per heavy atom. The van der Waals surface area contributed by atoms with Crippen molar-refractivity contribution in [1.82, 2.24) is 5.06 Å². The second kappa shape index (κ2) is 7.30. The van der Waals surface area contributed by atoms with Crippen molar-refractivity contribution >= 4 is 17.5 Å². The molecule has 0 aromatic heterocycles. The fourth-order valence-electron chi connectivity index (χ4n) is 2.88. The number of hydroxylamine groups is 2. The van der Waals surface area contributed by atoms with Gasteiger partial charge in [-0.25, -0.2) is 5.06 Å². The van der Waals surface area contributed by atoms with Crippen LogP contribution in [0.4, 0.5) is 0 Å². The summed E-state index contributed by atoms with van der Waals surface area (Å²) in [5, 5.41) is 2.02. The van der Waals surface area contributed by atoms with Gasteiger partial charge >= 0.3 is 0 Å². The van der Waals surface area contributed by atoms with Gasteiger partial charge in [0.2, 0.25) is 0 Å². The lowest BCUT2D eigenvalue weighted by Gasteiger charge is -2.36. The molecule has 1 aliphatic heterocycles. The van der Waals surface area contributed by atoms with Gasteiger partial charge in [0.15, 0.2) is 0 Å². The van der Waals surface area contributed by atoms with Crippen molar-refractivity contribution in [2.75, 3.05) is 7.11 Å². The lowest BCUT2D eigenvalue weighted by molar-refractivity contribution is -0.175.